The van der Waals surface area contributed by atoms with Crippen LogP contribution in [0.3, 0.4) is 0 Å². The predicted octanol–water partition coefficient (Wildman–Crippen LogP) is 1.39. The number of aliphatic hydroxyl groups is 1. The van der Waals surface area contributed by atoms with Crippen molar-refractivity contribution in [3.05, 3.63) is 0 Å². The van der Waals surface area contributed by atoms with Crippen LogP contribution in [0.2, 0.25) is 0 Å². The molecular weight excluding hydrogens is 204 g/mol. The highest BCUT2D eigenvalue weighted by molar-refractivity contribution is 5.74. The highest BCUT2D eigenvalue weighted by atomic mass is 16.3. The van der Waals surface area contributed by atoms with E-state index in [0.717, 1.165) is 25.7 Å². The van der Waals surface area contributed by atoms with Crippen molar-refractivity contribution in [2.75, 3.05) is 13.2 Å². The summed E-state index contributed by atoms with van der Waals surface area (Å²) in [6.45, 7) is 0.804. The minimum absolute atomic E-state index is 0.0564. The van der Waals surface area contributed by atoms with E-state index in [9.17, 15) is 9.90 Å². The van der Waals surface area contributed by atoms with Gasteiger partial charge >= 0.3 is 6.03 Å². The molecule has 92 valence electrons. The van der Waals surface area contributed by atoms with Crippen molar-refractivity contribution < 1.29 is 9.90 Å². The van der Waals surface area contributed by atoms with Crippen LogP contribution in [0.25, 0.3) is 0 Å². The summed E-state index contributed by atoms with van der Waals surface area (Å²) >= 11 is 0. The van der Waals surface area contributed by atoms with Gasteiger partial charge in [0.1, 0.15) is 0 Å². The topological polar surface area (TPSA) is 61.4 Å². The number of carbonyl (C=O) groups excluding carboxylic acids is 1. The van der Waals surface area contributed by atoms with E-state index < -0.39 is 0 Å². The number of amides is 2. The van der Waals surface area contributed by atoms with Gasteiger partial charge in [0.2, 0.25) is 0 Å². The van der Waals surface area contributed by atoms with Gasteiger partial charge in [0.15, 0.2) is 0 Å². The Morgan fingerprint density at radius 1 is 1.25 bits per heavy atom. The van der Waals surface area contributed by atoms with Crippen molar-refractivity contribution in [1.82, 2.24) is 10.6 Å². The van der Waals surface area contributed by atoms with Crippen molar-refractivity contribution in [2.24, 2.45) is 5.41 Å². The first-order valence-corrected chi connectivity index (χ1v) is 6.39. The second-order valence-electron chi connectivity index (χ2n) is 5.32. The molecule has 0 radical (unpaired) electrons. The summed E-state index contributed by atoms with van der Waals surface area (Å²) in [6.07, 6.45) is 7.90. The first-order valence-electron chi connectivity index (χ1n) is 6.39. The second kappa shape index (κ2) is 5.04. The monoisotopic (exact) mass is 226 g/mol. The molecule has 2 rings (SSSR count). The molecule has 2 fully saturated rings. The van der Waals surface area contributed by atoms with Crippen LogP contribution in [0.5, 0.6) is 0 Å². The fourth-order valence-corrected chi connectivity index (χ4v) is 2.42. The Kier molecular flexibility index (Phi) is 3.69. The van der Waals surface area contributed by atoms with Gasteiger partial charge in [-0.2, -0.15) is 0 Å². The lowest BCUT2D eigenvalue weighted by Crippen LogP contribution is -2.45. The van der Waals surface area contributed by atoms with Crippen molar-refractivity contribution in [3.8, 4) is 0 Å². The molecular formula is C12H22N2O2. The van der Waals surface area contributed by atoms with E-state index in [0.29, 0.717) is 12.6 Å². The molecule has 3 N–H and O–H groups in total. The Labute approximate surface area is 96.8 Å². The van der Waals surface area contributed by atoms with Gasteiger partial charge in [-0.1, -0.05) is 19.3 Å². The van der Waals surface area contributed by atoms with Crippen LogP contribution in [0.15, 0.2) is 0 Å². The molecule has 0 spiro atoms. The van der Waals surface area contributed by atoms with Gasteiger partial charge in [0.25, 0.3) is 0 Å². The molecule has 0 aromatic rings. The summed E-state index contributed by atoms with van der Waals surface area (Å²) in [5, 5.41) is 15.3. The molecule has 0 aromatic carbocycles. The molecule has 4 heteroatoms. The molecule has 2 aliphatic carbocycles. The van der Waals surface area contributed by atoms with Gasteiger partial charge in [-0.15, -0.1) is 0 Å². The summed E-state index contributed by atoms with van der Waals surface area (Å²) in [4.78, 5) is 11.5. The predicted molar refractivity (Wildman–Crippen MR) is 62.2 cm³/mol. The number of hydrogen-bond acceptors (Lipinski definition) is 2. The van der Waals surface area contributed by atoms with Gasteiger partial charge in [-0.05, 0) is 25.7 Å². The lowest BCUT2D eigenvalue weighted by molar-refractivity contribution is 0.0834. The average molecular weight is 226 g/mol. The number of carbonyl (C=O) groups is 1. The number of hydrogen-bond donors (Lipinski definition) is 3. The summed E-state index contributed by atoms with van der Waals surface area (Å²) in [5.41, 5.74) is -0.0564. The van der Waals surface area contributed by atoms with Crippen LogP contribution < -0.4 is 10.6 Å². The highest BCUT2D eigenvalue weighted by Crippen LogP contribution is 2.35. The van der Waals surface area contributed by atoms with E-state index in [-0.39, 0.29) is 18.1 Å². The van der Waals surface area contributed by atoms with Gasteiger partial charge in [0.05, 0.1) is 6.61 Å². The van der Waals surface area contributed by atoms with Crippen LogP contribution in [0.4, 0.5) is 4.79 Å². The quantitative estimate of drug-likeness (QED) is 0.678. The lowest BCUT2D eigenvalue weighted by atomic mass is 9.74. The second-order valence-corrected chi connectivity index (χ2v) is 5.32. The van der Waals surface area contributed by atoms with Crippen molar-refractivity contribution >= 4 is 6.03 Å². The van der Waals surface area contributed by atoms with E-state index in [4.69, 9.17) is 0 Å². The number of urea groups is 1. The van der Waals surface area contributed by atoms with Gasteiger partial charge in [-0.3, -0.25) is 0 Å². The molecule has 0 atom stereocenters. The Balaban J connectivity index is 1.74. The molecule has 0 aromatic heterocycles. The molecule has 0 bridgehead atoms. The summed E-state index contributed by atoms with van der Waals surface area (Å²) < 4.78 is 0. The normalized spacial score (nSPS) is 23.8. The Morgan fingerprint density at radius 3 is 2.50 bits per heavy atom. The van der Waals surface area contributed by atoms with Crippen LogP contribution in [0, 0.1) is 5.41 Å². The van der Waals surface area contributed by atoms with Crippen molar-refractivity contribution in [3.63, 3.8) is 0 Å². The molecule has 0 saturated heterocycles. The van der Waals surface area contributed by atoms with Crippen LogP contribution in [-0.2, 0) is 0 Å². The van der Waals surface area contributed by atoms with E-state index in [1.54, 1.807) is 0 Å². The van der Waals surface area contributed by atoms with Gasteiger partial charge in [0, 0.05) is 18.0 Å². The smallest absolute Gasteiger partial charge is 0.315 e. The zero-order valence-electron chi connectivity index (χ0n) is 9.80. The first kappa shape index (κ1) is 11.7. The maximum Gasteiger partial charge on any atom is 0.315 e. The summed E-state index contributed by atoms with van der Waals surface area (Å²) in [7, 11) is 0. The van der Waals surface area contributed by atoms with Crippen LogP contribution >= 0.6 is 0 Å². The largest absolute Gasteiger partial charge is 0.396 e. The van der Waals surface area contributed by atoms with E-state index in [1.165, 1.54) is 19.3 Å². The first-order chi connectivity index (χ1) is 7.74. The maximum absolute atomic E-state index is 11.5. The molecule has 0 unspecified atom stereocenters. The minimum atomic E-state index is -0.0686. The fourth-order valence-electron chi connectivity index (χ4n) is 2.42. The van der Waals surface area contributed by atoms with Gasteiger partial charge in [-0.25, -0.2) is 4.79 Å². The summed E-state index contributed by atoms with van der Waals surface area (Å²) in [5.74, 6) is 0. The van der Waals surface area contributed by atoms with Crippen LogP contribution in [-0.4, -0.2) is 30.3 Å². The molecule has 0 heterocycles. The molecule has 0 aliphatic heterocycles. The average Bonchev–Trinajstić information content (AvgIpc) is 3.12. The Hall–Kier alpha value is -0.770. The number of rotatable bonds is 4. The molecule has 4 nitrogen and oxygen atoms in total. The third-order valence-corrected chi connectivity index (χ3v) is 3.79. The van der Waals surface area contributed by atoms with Crippen LogP contribution in [0.1, 0.15) is 44.9 Å². The number of aliphatic hydroxyl groups excluding tert-OH is 1. The minimum Gasteiger partial charge on any atom is -0.396 e. The Bertz CT molecular complexity index is 245. The molecule has 2 saturated carbocycles. The zero-order chi connectivity index (χ0) is 11.4. The third kappa shape index (κ3) is 3.11. The van der Waals surface area contributed by atoms with Crippen molar-refractivity contribution in [1.29, 1.82) is 0 Å². The SMILES string of the molecule is O=C(NCC1(CO)CCCCC1)NC1CC1. The highest BCUT2D eigenvalue weighted by Gasteiger charge is 2.32. The lowest BCUT2D eigenvalue weighted by Gasteiger charge is -2.35. The van der Waals surface area contributed by atoms with E-state index in [2.05, 4.69) is 10.6 Å². The standard InChI is InChI=1S/C12H22N2O2/c15-9-12(6-2-1-3-7-12)8-13-11(16)14-10-4-5-10/h10,15H,1-9H2,(H2,13,14,16). The molecule has 16 heavy (non-hydrogen) atoms. The zero-order valence-corrected chi connectivity index (χ0v) is 9.80. The van der Waals surface area contributed by atoms with Crippen molar-refractivity contribution in [2.45, 2.75) is 51.0 Å². The maximum atomic E-state index is 11.5. The third-order valence-electron chi connectivity index (χ3n) is 3.79. The molecule has 2 amide bonds. The fraction of sp³-hybridized carbons (Fsp3) is 0.917. The van der Waals surface area contributed by atoms with E-state index in [1.807, 2.05) is 0 Å². The summed E-state index contributed by atoms with van der Waals surface area (Å²) in [6, 6.07) is 0.331. The Morgan fingerprint density at radius 2 is 1.94 bits per heavy atom. The molecule has 2 aliphatic rings. The van der Waals surface area contributed by atoms with Gasteiger partial charge < -0.3 is 15.7 Å². The number of nitrogens with one attached hydrogen (secondary N) is 2. The van der Waals surface area contributed by atoms with E-state index >= 15 is 0 Å².